The van der Waals surface area contributed by atoms with Crippen molar-refractivity contribution in [1.29, 1.82) is 0 Å². The van der Waals surface area contributed by atoms with Crippen LogP contribution in [0.15, 0.2) is 46.9 Å². The van der Waals surface area contributed by atoms with Gasteiger partial charge >= 0.3 is 0 Å². The zero-order valence-electron chi connectivity index (χ0n) is 8.33. The summed E-state index contributed by atoms with van der Waals surface area (Å²) in [6.45, 7) is 0. The Morgan fingerprint density at radius 3 is 2.20 bits per heavy atom. The van der Waals surface area contributed by atoms with Crippen LogP contribution < -0.4 is 4.74 Å². The van der Waals surface area contributed by atoms with Gasteiger partial charge in [0.15, 0.2) is 0 Å². The summed E-state index contributed by atoms with van der Waals surface area (Å²) in [4.78, 5) is 0. The molecule has 0 fully saturated rings. The lowest BCUT2D eigenvalue weighted by atomic mass is 10.1. The summed E-state index contributed by atoms with van der Waals surface area (Å²) in [5, 5.41) is 0. The molecule has 2 aromatic carbocycles. The average Bonchev–Trinajstić information content (AvgIpc) is 2.30. The van der Waals surface area contributed by atoms with Crippen LogP contribution in [0.2, 0.25) is 0 Å². The molecule has 0 saturated heterocycles. The van der Waals surface area contributed by atoms with Gasteiger partial charge in [-0.2, -0.15) is 0 Å². The van der Waals surface area contributed by atoms with Gasteiger partial charge < -0.3 is 4.74 Å². The molecule has 0 aliphatic rings. The lowest BCUT2D eigenvalue weighted by Crippen LogP contribution is -1.83. The molecule has 75 valence electrons. The number of hydrogen-bond donors (Lipinski definition) is 0. The first-order valence-corrected chi connectivity index (χ1v) is 5.40. The van der Waals surface area contributed by atoms with Crippen LogP contribution in [0.5, 0.6) is 5.75 Å². The van der Waals surface area contributed by atoms with Crippen molar-refractivity contribution in [3.63, 3.8) is 0 Å². The summed E-state index contributed by atoms with van der Waals surface area (Å²) in [7, 11) is 1.64. The number of hydrogen-bond acceptors (Lipinski definition) is 1. The fourth-order valence-corrected chi connectivity index (χ4v) is 1.62. The molecule has 15 heavy (non-hydrogen) atoms. The highest BCUT2D eigenvalue weighted by atomic mass is 79.9. The van der Waals surface area contributed by atoms with Crippen LogP contribution >= 0.6 is 15.9 Å². The largest absolute Gasteiger partial charge is 0.496 e. The zero-order chi connectivity index (χ0) is 10.7. The third-order valence-electron chi connectivity index (χ3n) is 2.18. The van der Waals surface area contributed by atoms with E-state index in [0.717, 1.165) is 15.8 Å². The van der Waals surface area contributed by atoms with Crippen LogP contribution in [0.25, 0.3) is 11.1 Å². The van der Waals surface area contributed by atoms with Gasteiger partial charge in [-0.3, -0.25) is 0 Å². The van der Waals surface area contributed by atoms with E-state index in [1.165, 1.54) is 5.56 Å². The number of benzene rings is 2. The van der Waals surface area contributed by atoms with E-state index in [2.05, 4.69) is 34.1 Å². The van der Waals surface area contributed by atoms with Crippen LogP contribution in [0, 0.1) is 6.07 Å². The van der Waals surface area contributed by atoms with E-state index in [-0.39, 0.29) is 0 Å². The molecular formula is C13H10BrO. The monoisotopic (exact) mass is 261 g/mol. The predicted molar refractivity (Wildman–Crippen MR) is 65.0 cm³/mol. The topological polar surface area (TPSA) is 9.23 Å². The molecule has 0 saturated carbocycles. The summed E-state index contributed by atoms with van der Waals surface area (Å²) in [6, 6.07) is 17.1. The highest BCUT2D eigenvalue weighted by Crippen LogP contribution is 2.23. The maximum Gasteiger partial charge on any atom is 0.126 e. The van der Waals surface area contributed by atoms with Crippen molar-refractivity contribution in [3.05, 3.63) is 53.0 Å². The minimum Gasteiger partial charge on any atom is -0.496 e. The van der Waals surface area contributed by atoms with Crippen molar-refractivity contribution in [2.75, 3.05) is 7.11 Å². The normalized spacial score (nSPS) is 10.0. The Bertz CT molecular complexity index is 431. The molecule has 1 radical (unpaired) electrons. The maximum absolute atomic E-state index is 5.06. The molecule has 1 nitrogen and oxygen atoms in total. The van der Waals surface area contributed by atoms with Gasteiger partial charge in [0.25, 0.3) is 0 Å². The van der Waals surface area contributed by atoms with Crippen LogP contribution in [0.1, 0.15) is 0 Å². The maximum atomic E-state index is 5.06. The Balaban J connectivity index is 2.33. The molecule has 2 heteroatoms. The average molecular weight is 262 g/mol. The second-order valence-electron chi connectivity index (χ2n) is 3.15. The fraction of sp³-hybridized carbons (Fsp3) is 0.0769. The third-order valence-corrected chi connectivity index (χ3v) is 2.71. The van der Waals surface area contributed by atoms with E-state index in [0.29, 0.717) is 0 Å². The van der Waals surface area contributed by atoms with Crippen molar-refractivity contribution in [1.82, 2.24) is 0 Å². The summed E-state index contributed by atoms with van der Waals surface area (Å²) in [5.41, 5.74) is 2.32. The van der Waals surface area contributed by atoms with Gasteiger partial charge in [-0.25, -0.2) is 0 Å². The second-order valence-corrected chi connectivity index (χ2v) is 4.07. The van der Waals surface area contributed by atoms with Crippen molar-refractivity contribution in [2.45, 2.75) is 0 Å². The van der Waals surface area contributed by atoms with Gasteiger partial charge in [0.2, 0.25) is 0 Å². The van der Waals surface area contributed by atoms with Gasteiger partial charge in [0.05, 0.1) is 7.11 Å². The first kappa shape index (κ1) is 10.2. The SMILES string of the molecule is COc1[c]cc(-c2ccc(Br)cc2)cc1. The van der Waals surface area contributed by atoms with E-state index in [9.17, 15) is 0 Å². The molecule has 0 bridgehead atoms. The highest BCUT2D eigenvalue weighted by molar-refractivity contribution is 9.10. The zero-order valence-corrected chi connectivity index (χ0v) is 9.91. The molecule has 2 rings (SSSR count). The highest BCUT2D eigenvalue weighted by Gasteiger charge is 1.97. The smallest absolute Gasteiger partial charge is 0.126 e. The number of halogens is 1. The van der Waals surface area contributed by atoms with Crippen LogP contribution in [0.3, 0.4) is 0 Å². The van der Waals surface area contributed by atoms with Crippen LogP contribution in [0.4, 0.5) is 0 Å². The molecule has 0 unspecified atom stereocenters. The Morgan fingerprint density at radius 1 is 1.00 bits per heavy atom. The number of ether oxygens (including phenoxy) is 1. The van der Waals surface area contributed by atoms with Crippen LogP contribution in [-0.4, -0.2) is 7.11 Å². The molecule has 2 aromatic rings. The van der Waals surface area contributed by atoms with Gasteiger partial charge in [0.1, 0.15) is 5.75 Å². The van der Waals surface area contributed by atoms with Crippen LogP contribution in [-0.2, 0) is 0 Å². The summed E-state index contributed by atoms with van der Waals surface area (Å²) >= 11 is 3.41. The summed E-state index contributed by atoms with van der Waals surface area (Å²) < 4.78 is 6.15. The third kappa shape index (κ3) is 2.39. The predicted octanol–water partition coefficient (Wildman–Crippen LogP) is 3.92. The van der Waals surface area contributed by atoms with Crippen molar-refractivity contribution in [2.24, 2.45) is 0 Å². The van der Waals surface area contributed by atoms with Crippen molar-refractivity contribution < 1.29 is 4.74 Å². The first-order valence-electron chi connectivity index (χ1n) is 4.61. The Morgan fingerprint density at radius 2 is 1.67 bits per heavy atom. The van der Waals surface area contributed by atoms with Crippen molar-refractivity contribution >= 4 is 15.9 Å². The number of rotatable bonds is 2. The van der Waals surface area contributed by atoms with Crippen molar-refractivity contribution in [3.8, 4) is 16.9 Å². The fourth-order valence-electron chi connectivity index (χ4n) is 1.36. The van der Waals surface area contributed by atoms with E-state index < -0.39 is 0 Å². The van der Waals surface area contributed by atoms with E-state index >= 15 is 0 Å². The quantitative estimate of drug-likeness (QED) is 0.796. The lowest BCUT2D eigenvalue weighted by Gasteiger charge is -2.03. The second kappa shape index (κ2) is 4.49. The molecule has 0 atom stereocenters. The lowest BCUT2D eigenvalue weighted by molar-refractivity contribution is 0.414. The molecule has 0 amide bonds. The first-order chi connectivity index (χ1) is 7.29. The molecule has 0 N–H and O–H groups in total. The molecule has 0 heterocycles. The van der Waals surface area contributed by atoms with Gasteiger partial charge in [0, 0.05) is 10.5 Å². The minimum atomic E-state index is 0.760. The van der Waals surface area contributed by atoms with Gasteiger partial charge in [-0.15, -0.1) is 0 Å². The Hall–Kier alpha value is -1.28. The minimum absolute atomic E-state index is 0.760. The van der Waals surface area contributed by atoms with Gasteiger partial charge in [-0.1, -0.05) is 34.1 Å². The summed E-state index contributed by atoms with van der Waals surface area (Å²) in [5.74, 6) is 0.760. The standard InChI is InChI=1S/C13H10BrO/c1-15-13-8-4-11(5-9-13)10-2-6-12(14)7-3-10/h2-8H,1H3. The molecular weight excluding hydrogens is 252 g/mol. The van der Waals surface area contributed by atoms with Gasteiger partial charge in [-0.05, 0) is 35.4 Å². The number of methoxy groups -OCH3 is 1. The van der Waals surface area contributed by atoms with E-state index in [4.69, 9.17) is 4.74 Å². The Labute approximate surface area is 97.8 Å². The van der Waals surface area contributed by atoms with E-state index in [1.807, 2.05) is 30.3 Å². The molecule has 0 spiro atoms. The molecule has 0 aliphatic carbocycles. The Kier molecular flexibility index (Phi) is 3.07. The molecule has 0 aliphatic heterocycles. The molecule has 0 aromatic heterocycles. The van der Waals surface area contributed by atoms with E-state index in [1.54, 1.807) is 7.11 Å². The summed E-state index contributed by atoms with van der Waals surface area (Å²) in [6.07, 6.45) is 0.